The van der Waals surface area contributed by atoms with Crippen LogP contribution in [0.5, 0.6) is 0 Å². The molecule has 0 bridgehead atoms. The topological polar surface area (TPSA) is 41.6 Å². The minimum absolute atomic E-state index is 0.100. The number of hydrogen-bond donors (Lipinski definition) is 1. The highest BCUT2D eigenvalue weighted by Crippen LogP contribution is 2.45. The molecular formula is C14H24N2O2. The molecule has 2 aliphatic heterocycles. The summed E-state index contributed by atoms with van der Waals surface area (Å²) in [6.45, 7) is 4.65. The van der Waals surface area contributed by atoms with E-state index in [0.29, 0.717) is 12.5 Å². The summed E-state index contributed by atoms with van der Waals surface area (Å²) < 4.78 is 5.32. The Morgan fingerprint density at radius 1 is 1.39 bits per heavy atom. The van der Waals surface area contributed by atoms with E-state index in [1.807, 2.05) is 0 Å². The lowest BCUT2D eigenvalue weighted by Gasteiger charge is -2.37. The number of likely N-dealkylation sites (tertiary alicyclic amines) is 1. The van der Waals surface area contributed by atoms with Gasteiger partial charge in [-0.05, 0) is 44.7 Å². The number of hydrogen-bond acceptors (Lipinski definition) is 3. The Bertz CT molecular complexity index is 322. The van der Waals surface area contributed by atoms with Crippen LogP contribution >= 0.6 is 0 Å². The van der Waals surface area contributed by atoms with Crippen molar-refractivity contribution >= 4 is 5.91 Å². The van der Waals surface area contributed by atoms with E-state index in [9.17, 15) is 4.79 Å². The second kappa shape index (κ2) is 4.82. The minimum atomic E-state index is 0.100. The maximum absolute atomic E-state index is 12.6. The smallest absolute Gasteiger partial charge is 0.228 e. The Labute approximate surface area is 109 Å². The van der Waals surface area contributed by atoms with Crippen molar-refractivity contribution in [2.24, 2.45) is 17.3 Å². The molecule has 1 saturated carbocycles. The van der Waals surface area contributed by atoms with Crippen molar-refractivity contribution in [3.63, 3.8) is 0 Å². The zero-order valence-electron chi connectivity index (χ0n) is 11.3. The summed E-state index contributed by atoms with van der Waals surface area (Å²) in [7, 11) is 1.71. The Hall–Kier alpha value is -0.610. The summed E-state index contributed by atoms with van der Waals surface area (Å²) in [5, 5.41) is 3.41. The van der Waals surface area contributed by atoms with Crippen LogP contribution in [0.4, 0.5) is 0 Å². The van der Waals surface area contributed by atoms with Crippen LogP contribution in [0.25, 0.3) is 0 Å². The summed E-state index contributed by atoms with van der Waals surface area (Å²) in [5.74, 6) is 1.24. The molecule has 4 nitrogen and oxygen atoms in total. The zero-order valence-corrected chi connectivity index (χ0v) is 11.3. The van der Waals surface area contributed by atoms with E-state index < -0.39 is 0 Å². The van der Waals surface area contributed by atoms with Crippen LogP contribution in [0.15, 0.2) is 0 Å². The van der Waals surface area contributed by atoms with Crippen molar-refractivity contribution < 1.29 is 9.53 Å². The molecule has 0 radical (unpaired) electrons. The van der Waals surface area contributed by atoms with Gasteiger partial charge in [0, 0.05) is 25.6 Å². The average molecular weight is 252 g/mol. The van der Waals surface area contributed by atoms with E-state index in [0.717, 1.165) is 44.9 Å². The summed E-state index contributed by atoms with van der Waals surface area (Å²) in [6, 6.07) is 0. The maximum atomic E-state index is 12.6. The van der Waals surface area contributed by atoms with Gasteiger partial charge in [-0.2, -0.15) is 0 Å². The normalized spacial score (nSPS) is 31.3. The van der Waals surface area contributed by atoms with E-state index in [4.69, 9.17) is 4.74 Å². The van der Waals surface area contributed by atoms with Crippen molar-refractivity contribution in [1.82, 2.24) is 10.2 Å². The highest BCUT2D eigenvalue weighted by Gasteiger charge is 2.52. The Balaban J connectivity index is 1.75. The van der Waals surface area contributed by atoms with Gasteiger partial charge in [-0.15, -0.1) is 0 Å². The number of nitrogens with zero attached hydrogens (tertiary/aromatic N) is 1. The fourth-order valence-electron chi connectivity index (χ4n) is 3.66. The first-order valence-corrected chi connectivity index (χ1v) is 7.24. The third-order valence-electron chi connectivity index (χ3n) is 4.96. The van der Waals surface area contributed by atoms with Crippen LogP contribution in [0.3, 0.4) is 0 Å². The molecule has 0 aromatic heterocycles. The molecule has 102 valence electrons. The number of carbonyl (C=O) groups excluding carboxylic acids is 1. The van der Waals surface area contributed by atoms with E-state index in [1.54, 1.807) is 7.11 Å². The van der Waals surface area contributed by atoms with Gasteiger partial charge in [0.25, 0.3) is 0 Å². The fraction of sp³-hybridized carbons (Fsp3) is 0.929. The van der Waals surface area contributed by atoms with Crippen LogP contribution in [0.1, 0.15) is 25.7 Å². The number of nitrogens with one attached hydrogen (secondary N) is 1. The standard InChI is InChI=1S/C14H24N2O2/c1-18-9-12-13(17)16(8-11-2-3-11)10-14(12)4-6-15-7-5-14/h11-12,15H,2-10H2,1H3/t12-/m0/s1. The summed E-state index contributed by atoms with van der Waals surface area (Å²) >= 11 is 0. The van der Waals surface area contributed by atoms with Gasteiger partial charge in [0.1, 0.15) is 0 Å². The highest BCUT2D eigenvalue weighted by molar-refractivity contribution is 5.82. The maximum Gasteiger partial charge on any atom is 0.228 e. The predicted octanol–water partition coefficient (Wildman–Crippen LogP) is 0.871. The first-order chi connectivity index (χ1) is 8.75. The number of methoxy groups -OCH3 is 1. The van der Waals surface area contributed by atoms with Gasteiger partial charge in [0.05, 0.1) is 12.5 Å². The van der Waals surface area contributed by atoms with Gasteiger partial charge in [0.15, 0.2) is 0 Å². The molecule has 3 aliphatic rings. The monoisotopic (exact) mass is 252 g/mol. The van der Waals surface area contributed by atoms with Crippen LogP contribution in [-0.4, -0.2) is 50.7 Å². The Morgan fingerprint density at radius 2 is 2.11 bits per heavy atom. The Kier molecular flexibility index (Phi) is 3.32. The lowest BCUT2D eigenvalue weighted by atomic mass is 9.71. The molecule has 1 spiro atoms. The molecule has 2 heterocycles. The Morgan fingerprint density at radius 3 is 2.72 bits per heavy atom. The first-order valence-electron chi connectivity index (χ1n) is 7.24. The minimum Gasteiger partial charge on any atom is -0.384 e. The van der Waals surface area contributed by atoms with Crippen LogP contribution in [0.2, 0.25) is 0 Å². The van der Waals surface area contributed by atoms with E-state index in [1.165, 1.54) is 12.8 Å². The quantitative estimate of drug-likeness (QED) is 0.807. The summed E-state index contributed by atoms with van der Waals surface area (Å²) in [6.07, 6.45) is 4.86. The molecule has 0 aromatic carbocycles. The molecule has 1 atom stereocenters. The van der Waals surface area contributed by atoms with E-state index >= 15 is 0 Å². The molecule has 4 heteroatoms. The zero-order chi connectivity index (χ0) is 12.6. The van der Waals surface area contributed by atoms with Gasteiger partial charge < -0.3 is 15.0 Å². The SMILES string of the molecule is COC[C@H]1C(=O)N(CC2CC2)CC12CCNCC2. The molecular weight excluding hydrogens is 228 g/mol. The molecule has 2 saturated heterocycles. The van der Waals surface area contributed by atoms with E-state index in [-0.39, 0.29) is 11.3 Å². The molecule has 1 aliphatic carbocycles. The number of rotatable bonds is 4. The predicted molar refractivity (Wildman–Crippen MR) is 69.2 cm³/mol. The second-order valence-electron chi connectivity index (χ2n) is 6.28. The highest BCUT2D eigenvalue weighted by atomic mass is 16.5. The molecule has 1 amide bonds. The fourth-order valence-corrected chi connectivity index (χ4v) is 3.66. The first kappa shape index (κ1) is 12.4. The molecule has 3 rings (SSSR count). The van der Waals surface area contributed by atoms with Crippen molar-refractivity contribution in [3.8, 4) is 0 Å². The number of carbonyl (C=O) groups is 1. The third kappa shape index (κ3) is 2.16. The van der Waals surface area contributed by atoms with Crippen LogP contribution < -0.4 is 5.32 Å². The molecule has 1 N–H and O–H groups in total. The molecule has 0 aromatic rings. The van der Waals surface area contributed by atoms with E-state index in [2.05, 4.69) is 10.2 Å². The average Bonchev–Trinajstić information content (AvgIpc) is 3.15. The number of amides is 1. The second-order valence-corrected chi connectivity index (χ2v) is 6.28. The molecule has 3 fully saturated rings. The summed E-state index contributed by atoms with van der Waals surface area (Å²) in [4.78, 5) is 14.7. The van der Waals surface area contributed by atoms with Crippen molar-refractivity contribution in [1.29, 1.82) is 0 Å². The summed E-state index contributed by atoms with van der Waals surface area (Å²) in [5.41, 5.74) is 0.188. The van der Waals surface area contributed by atoms with Crippen LogP contribution in [0, 0.1) is 17.3 Å². The van der Waals surface area contributed by atoms with Gasteiger partial charge >= 0.3 is 0 Å². The van der Waals surface area contributed by atoms with Gasteiger partial charge in [-0.25, -0.2) is 0 Å². The lowest BCUT2D eigenvalue weighted by molar-refractivity contribution is -0.133. The van der Waals surface area contributed by atoms with Gasteiger partial charge in [-0.1, -0.05) is 0 Å². The third-order valence-corrected chi connectivity index (χ3v) is 4.96. The molecule has 0 unspecified atom stereocenters. The number of piperidine rings is 1. The van der Waals surface area contributed by atoms with Crippen molar-refractivity contribution in [2.45, 2.75) is 25.7 Å². The molecule has 18 heavy (non-hydrogen) atoms. The van der Waals surface area contributed by atoms with Gasteiger partial charge in [-0.3, -0.25) is 4.79 Å². The largest absolute Gasteiger partial charge is 0.384 e. The van der Waals surface area contributed by atoms with Crippen LogP contribution in [-0.2, 0) is 9.53 Å². The van der Waals surface area contributed by atoms with Crippen molar-refractivity contribution in [3.05, 3.63) is 0 Å². The van der Waals surface area contributed by atoms with Crippen molar-refractivity contribution in [2.75, 3.05) is 39.9 Å². The lowest BCUT2D eigenvalue weighted by Crippen LogP contribution is -2.43. The van der Waals surface area contributed by atoms with Gasteiger partial charge in [0.2, 0.25) is 5.91 Å². The number of ether oxygens (including phenoxy) is 1.